The van der Waals surface area contributed by atoms with Crippen molar-refractivity contribution in [2.75, 3.05) is 43.4 Å². The predicted octanol–water partition coefficient (Wildman–Crippen LogP) is 1.36. The molecule has 0 radical (unpaired) electrons. The highest BCUT2D eigenvalue weighted by atomic mass is 16.4. The third-order valence-corrected chi connectivity index (χ3v) is 6.25. The van der Waals surface area contributed by atoms with E-state index in [9.17, 15) is 4.79 Å². The van der Waals surface area contributed by atoms with Crippen molar-refractivity contribution in [1.29, 1.82) is 0 Å². The minimum absolute atomic E-state index is 0.394. The number of hydrogen-bond acceptors (Lipinski definition) is 9. The van der Waals surface area contributed by atoms with Crippen molar-refractivity contribution in [3.05, 3.63) is 64.0 Å². The molecule has 0 saturated carbocycles. The van der Waals surface area contributed by atoms with E-state index >= 15 is 0 Å². The minimum atomic E-state index is -1.15. The minimum Gasteiger partial charge on any atom is -0.408 e. The first-order valence-corrected chi connectivity index (χ1v) is 10.9. The Kier molecular flexibility index (Phi) is 5.18. The molecule has 0 aliphatic carbocycles. The number of aryl methyl sites for hydroxylation is 1. The number of benzene rings is 1. The molecule has 10 heteroatoms. The van der Waals surface area contributed by atoms with Crippen LogP contribution in [-0.2, 0) is 12.8 Å². The Morgan fingerprint density at radius 3 is 2.67 bits per heavy atom. The Balaban J connectivity index is 1.35. The number of likely N-dealkylation sites (N-methyl/N-ethyl adjacent to an activating group) is 1. The highest BCUT2D eigenvalue weighted by Crippen LogP contribution is 2.26. The molecule has 172 valence electrons. The van der Waals surface area contributed by atoms with E-state index < -0.39 is 11.5 Å². The number of nitrogens with two attached hydrogens (primary N) is 1. The van der Waals surface area contributed by atoms with E-state index in [0.29, 0.717) is 11.1 Å². The Morgan fingerprint density at radius 2 is 1.94 bits per heavy atom. The van der Waals surface area contributed by atoms with Crippen LogP contribution in [0.4, 0.5) is 11.5 Å². The molecule has 1 saturated heterocycles. The van der Waals surface area contributed by atoms with Gasteiger partial charge in [0.25, 0.3) is 0 Å². The van der Waals surface area contributed by atoms with Gasteiger partial charge in [-0.15, -0.1) is 0 Å². The van der Waals surface area contributed by atoms with Crippen LogP contribution >= 0.6 is 0 Å². The molecule has 1 fully saturated rings. The third-order valence-electron chi connectivity index (χ3n) is 6.25. The Hall–Kier alpha value is -3.63. The van der Waals surface area contributed by atoms with Crippen molar-refractivity contribution in [1.82, 2.24) is 19.8 Å². The molecule has 4 N–H and O–H groups in total. The van der Waals surface area contributed by atoms with Crippen LogP contribution in [-0.4, -0.2) is 53.9 Å². The van der Waals surface area contributed by atoms with Gasteiger partial charge in [0.2, 0.25) is 5.79 Å². The van der Waals surface area contributed by atoms with E-state index in [4.69, 9.17) is 10.2 Å². The topological polar surface area (TPSA) is 117 Å². The quantitative estimate of drug-likeness (QED) is 0.548. The summed E-state index contributed by atoms with van der Waals surface area (Å²) in [6, 6.07) is 9.44. The van der Waals surface area contributed by atoms with Gasteiger partial charge in [-0.3, -0.25) is 10.3 Å². The molecular weight excluding hydrogens is 420 g/mol. The maximum absolute atomic E-state index is 11.8. The largest absolute Gasteiger partial charge is 0.419 e. The van der Waals surface area contributed by atoms with Crippen LogP contribution in [0.2, 0.25) is 0 Å². The van der Waals surface area contributed by atoms with Crippen molar-refractivity contribution in [2.24, 2.45) is 17.8 Å². The summed E-state index contributed by atoms with van der Waals surface area (Å²) in [7, 11) is 3.81. The van der Waals surface area contributed by atoms with E-state index in [-0.39, 0.29) is 0 Å². The zero-order valence-electron chi connectivity index (χ0n) is 19.0. The fraction of sp³-hybridized carbons (Fsp3) is 0.348. The average molecular weight is 449 g/mol. The molecule has 0 spiro atoms. The number of fused-ring (bicyclic) bond motifs is 1. The van der Waals surface area contributed by atoms with Crippen LogP contribution < -0.4 is 27.0 Å². The van der Waals surface area contributed by atoms with Crippen molar-refractivity contribution in [3.63, 3.8) is 0 Å². The van der Waals surface area contributed by atoms with E-state index in [2.05, 4.69) is 37.5 Å². The molecule has 33 heavy (non-hydrogen) atoms. The summed E-state index contributed by atoms with van der Waals surface area (Å²) in [6.07, 6.45) is 3.53. The molecule has 2 aliphatic rings. The number of oxazole rings is 1. The first-order valence-electron chi connectivity index (χ1n) is 10.9. The van der Waals surface area contributed by atoms with Gasteiger partial charge < -0.3 is 24.9 Å². The van der Waals surface area contributed by atoms with E-state index in [1.54, 1.807) is 25.5 Å². The molecule has 0 amide bonds. The fourth-order valence-corrected chi connectivity index (χ4v) is 4.04. The van der Waals surface area contributed by atoms with Crippen LogP contribution in [0.25, 0.3) is 11.1 Å². The number of allylic oxidation sites excluding steroid dienone is 1. The van der Waals surface area contributed by atoms with Gasteiger partial charge in [0.05, 0.1) is 5.52 Å². The number of hydrogen-bond donors (Lipinski definition) is 3. The second-order valence-electron chi connectivity index (χ2n) is 8.64. The Morgan fingerprint density at radius 1 is 1.15 bits per heavy atom. The first-order chi connectivity index (χ1) is 15.8. The second-order valence-corrected chi connectivity index (χ2v) is 8.64. The zero-order valence-corrected chi connectivity index (χ0v) is 19.0. The summed E-state index contributed by atoms with van der Waals surface area (Å²) in [6.45, 7) is 5.90. The van der Waals surface area contributed by atoms with Crippen LogP contribution in [0.15, 0.2) is 62.1 Å². The van der Waals surface area contributed by atoms with Gasteiger partial charge in [0.1, 0.15) is 11.6 Å². The van der Waals surface area contributed by atoms with E-state index in [0.717, 1.165) is 54.6 Å². The number of piperazine rings is 1. The number of nitrogens with zero attached hydrogens (tertiary/aromatic N) is 5. The molecule has 2 aromatic heterocycles. The number of rotatable bonds is 4. The van der Waals surface area contributed by atoms with Gasteiger partial charge in [-0.05, 0) is 44.3 Å². The zero-order chi connectivity index (χ0) is 23.2. The molecule has 10 nitrogen and oxygen atoms in total. The lowest BCUT2D eigenvalue weighted by molar-refractivity contribution is 0.312. The predicted molar refractivity (Wildman–Crippen MR) is 129 cm³/mol. The normalized spacial score (nSPS) is 21.5. The summed E-state index contributed by atoms with van der Waals surface area (Å²) >= 11 is 0. The highest BCUT2D eigenvalue weighted by molar-refractivity contribution is 5.83. The van der Waals surface area contributed by atoms with Gasteiger partial charge in [-0.2, -0.15) is 0 Å². The second kappa shape index (κ2) is 8.05. The van der Waals surface area contributed by atoms with Crippen molar-refractivity contribution < 1.29 is 4.42 Å². The molecule has 1 aromatic carbocycles. The maximum atomic E-state index is 11.8. The van der Waals surface area contributed by atoms with Crippen molar-refractivity contribution >= 4 is 28.8 Å². The highest BCUT2D eigenvalue weighted by Gasteiger charge is 2.31. The van der Waals surface area contributed by atoms with Crippen molar-refractivity contribution in [3.8, 4) is 0 Å². The molecule has 4 heterocycles. The Labute approximate surface area is 191 Å². The lowest BCUT2D eigenvalue weighted by atomic mass is 10.1. The monoisotopic (exact) mass is 448 g/mol. The van der Waals surface area contributed by atoms with Gasteiger partial charge in [-0.25, -0.2) is 14.8 Å². The smallest absolute Gasteiger partial charge is 0.408 e. The molecule has 2 aliphatic heterocycles. The van der Waals surface area contributed by atoms with Crippen molar-refractivity contribution in [2.45, 2.75) is 12.7 Å². The number of aromatic nitrogens is 2. The van der Waals surface area contributed by atoms with Crippen LogP contribution in [0, 0.1) is 0 Å². The molecular formula is C23H28N8O2. The van der Waals surface area contributed by atoms with Gasteiger partial charge in [-0.1, -0.05) is 0 Å². The Bertz CT molecular complexity index is 1300. The lowest BCUT2D eigenvalue weighted by Gasteiger charge is -2.35. The molecule has 1 atom stereocenters. The summed E-state index contributed by atoms with van der Waals surface area (Å²) in [4.78, 5) is 25.6. The first kappa shape index (κ1) is 21.2. The molecule has 3 aromatic rings. The van der Waals surface area contributed by atoms with Gasteiger partial charge in [0.15, 0.2) is 5.58 Å². The number of nitrogens with one attached hydrogen (secondary N) is 2. The van der Waals surface area contributed by atoms with E-state index in [1.165, 1.54) is 4.57 Å². The lowest BCUT2D eigenvalue weighted by Crippen LogP contribution is -2.52. The summed E-state index contributed by atoms with van der Waals surface area (Å²) in [5, 5.41) is 6.67. The van der Waals surface area contributed by atoms with Gasteiger partial charge >= 0.3 is 5.76 Å². The van der Waals surface area contributed by atoms with Crippen LogP contribution in [0.3, 0.4) is 0 Å². The van der Waals surface area contributed by atoms with Crippen LogP contribution in [0.1, 0.15) is 12.5 Å². The fourth-order valence-electron chi connectivity index (χ4n) is 4.04. The SMILES string of the molecule is CC1=C(Nc2ccc3oc(=O)n(C)c3c2)NC(N)(c2ccc(N3CCN(C)CC3)nc2)N=C1. The average Bonchev–Trinajstić information content (AvgIpc) is 3.10. The standard InChI is InChI=1S/C23H28N8O2/c1-15-13-26-23(24,16-4-7-20(25-14-16)31-10-8-29(2)9-11-31)28-21(15)27-17-5-6-19-18(12-17)30(3)22(32)33-19/h4-7,12-14,27-28H,8-11,24H2,1-3H3. The molecule has 0 bridgehead atoms. The van der Waals surface area contributed by atoms with Crippen LogP contribution in [0.5, 0.6) is 0 Å². The number of aliphatic imine (C=N–C) groups is 1. The van der Waals surface area contributed by atoms with Gasteiger partial charge in [0, 0.05) is 62.5 Å². The number of pyridine rings is 1. The molecule has 1 unspecified atom stereocenters. The maximum Gasteiger partial charge on any atom is 0.419 e. The third kappa shape index (κ3) is 3.98. The molecule has 5 rings (SSSR count). The summed E-state index contributed by atoms with van der Waals surface area (Å²) in [5.41, 5.74) is 10.3. The number of anilines is 2. The van der Waals surface area contributed by atoms with E-state index in [1.807, 2.05) is 31.2 Å². The summed E-state index contributed by atoms with van der Waals surface area (Å²) in [5.74, 6) is 0.124. The summed E-state index contributed by atoms with van der Waals surface area (Å²) < 4.78 is 6.68.